The van der Waals surface area contributed by atoms with Crippen molar-refractivity contribution in [1.29, 1.82) is 0 Å². The summed E-state index contributed by atoms with van der Waals surface area (Å²) in [5.74, 6) is 0.774. The van der Waals surface area contributed by atoms with E-state index in [1.165, 1.54) is 0 Å². The molecule has 0 aliphatic carbocycles. The number of aromatic nitrogens is 2. The highest BCUT2D eigenvalue weighted by atomic mass is 16.3. The standard InChI is InChI=1S/C12H24N4O/c1-8-10(13)11(16(5)15-8)14-7-9(17)6-12(2,3)4/h9,14,17H,6-7,13H2,1-5H3. The van der Waals surface area contributed by atoms with E-state index in [0.717, 1.165) is 17.9 Å². The molecule has 0 bridgehead atoms. The van der Waals surface area contributed by atoms with Crippen molar-refractivity contribution in [2.45, 2.75) is 40.2 Å². The van der Waals surface area contributed by atoms with Crippen LogP contribution in [0.25, 0.3) is 0 Å². The lowest BCUT2D eigenvalue weighted by Gasteiger charge is -2.22. The molecule has 17 heavy (non-hydrogen) atoms. The average molecular weight is 240 g/mol. The molecule has 1 aromatic rings. The predicted octanol–water partition coefficient (Wildman–Crippen LogP) is 1.52. The molecular formula is C12H24N4O. The Kier molecular flexibility index (Phi) is 4.03. The van der Waals surface area contributed by atoms with Crippen LogP contribution in [0, 0.1) is 12.3 Å². The molecular weight excluding hydrogens is 216 g/mol. The van der Waals surface area contributed by atoms with E-state index in [4.69, 9.17) is 5.73 Å². The number of nitrogens with one attached hydrogen (secondary N) is 1. The molecule has 0 radical (unpaired) electrons. The Morgan fingerprint density at radius 1 is 1.47 bits per heavy atom. The number of aliphatic hydroxyl groups excluding tert-OH is 1. The van der Waals surface area contributed by atoms with Gasteiger partial charge in [-0.1, -0.05) is 20.8 Å². The summed E-state index contributed by atoms with van der Waals surface area (Å²) < 4.78 is 1.70. The number of anilines is 2. The average Bonchev–Trinajstić information content (AvgIpc) is 2.36. The van der Waals surface area contributed by atoms with Gasteiger partial charge in [0.2, 0.25) is 0 Å². The van der Waals surface area contributed by atoms with Gasteiger partial charge in [-0.25, -0.2) is 0 Å². The van der Waals surface area contributed by atoms with Gasteiger partial charge < -0.3 is 16.2 Å². The first-order valence-electron chi connectivity index (χ1n) is 5.91. The highest BCUT2D eigenvalue weighted by Crippen LogP contribution is 2.23. The largest absolute Gasteiger partial charge is 0.394 e. The third-order valence-corrected chi connectivity index (χ3v) is 2.62. The summed E-state index contributed by atoms with van der Waals surface area (Å²) in [7, 11) is 1.84. The van der Waals surface area contributed by atoms with Gasteiger partial charge >= 0.3 is 0 Å². The lowest BCUT2D eigenvalue weighted by molar-refractivity contribution is 0.132. The predicted molar refractivity (Wildman–Crippen MR) is 70.9 cm³/mol. The molecule has 0 saturated carbocycles. The zero-order valence-electron chi connectivity index (χ0n) is 11.4. The maximum Gasteiger partial charge on any atom is 0.147 e. The summed E-state index contributed by atoms with van der Waals surface area (Å²) in [6, 6.07) is 0. The number of aryl methyl sites for hydroxylation is 2. The van der Waals surface area contributed by atoms with E-state index < -0.39 is 0 Å². The molecule has 1 atom stereocenters. The van der Waals surface area contributed by atoms with E-state index in [-0.39, 0.29) is 11.5 Å². The van der Waals surface area contributed by atoms with Crippen LogP contribution in [0.5, 0.6) is 0 Å². The minimum atomic E-state index is -0.385. The van der Waals surface area contributed by atoms with E-state index in [1.807, 2.05) is 14.0 Å². The van der Waals surface area contributed by atoms with Crippen LogP contribution >= 0.6 is 0 Å². The number of nitrogens with two attached hydrogens (primary N) is 1. The molecule has 0 aliphatic heterocycles. The van der Waals surface area contributed by atoms with Crippen molar-refractivity contribution in [2.75, 3.05) is 17.6 Å². The molecule has 5 nitrogen and oxygen atoms in total. The Hall–Kier alpha value is -1.23. The molecule has 5 heteroatoms. The molecule has 0 spiro atoms. The Balaban J connectivity index is 2.56. The summed E-state index contributed by atoms with van der Waals surface area (Å²) in [4.78, 5) is 0. The van der Waals surface area contributed by atoms with Gasteiger partial charge in [0.05, 0.1) is 17.5 Å². The number of rotatable bonds is 4. The minimum absolute atomic E-state index is 0.120. The maximum atomic E-state index is 9.90. The second-order valence-electron chi connectivity index (χ2n) is 5.77. The van der Waals surface area contributed by atoms with Gasteiger partial charge in [-0.3, -0.25) is 4.68 Å². The number of hydrogen-bond acceptors (Lipinski definition) is 4. The monoisotopic (exact) mass is 240 g/mol. The normalized spacial score (nSPS) is 13.8. The van der Waals surface area contributed by atoms with Gasteiger partial charge in [0.1, 0.15) is 5.82 Å². The summed E-state index contributed by atoms with van der Waals surface area (Å²) >= 11 is 0. The second kappa shape index (κ2) is 4.96. The molecule has 0 amide bonds. The topological polar surface area (TPSA) is 76.1 Å². The van der Waals surface area contributed by atoms with Crippen molar-refractivity contribution in [3.05, 3.63) is 5.69 Å². The van der Waals surface area contributed by atoms with E-state index in [9.17, 15) is 5.11 Å². The Morgan fingerprint density at radius 3 is 2.47 bits per heavy atom. The Labute approximate surface area is 103 Å². The van der Waals surface area contributed by atoms with Crippen molar-refractivity contribution in [1.82, 2.24) is 9.78 Å². The van der Waals surface area contributed by atoms with Crippen LogP contribution in [0.3, 0.4) is 0 Å². The highest BCUT2D eigenvalue weighted by Gasteiger charge is 2.17. The van der Waals surface area contributed by atoms with Crippen LogP contribution in [0.2, 0.25) is 0 Å². The molecule has 1 heterocycles. The summed E-state index contributed by atoms with van der Waals surface area (Å²) in [6.45, 7) is 8.68. The number of nitrogens with zero attached hydrogens (tertiary/aromatic N) is 2. The third kappa shape index (κ3) is 3.93. The first kappa shape index (κ1) is 13.8. The molecule has 0 fully saturated rings. The van der Waals surface area contributed by atoms with Crippen molar-refractivity contribution in [3.8, 4) is 0 Å². The molecule has 0 aromatic carbocycles. The van der Waals surface area contributed by atoms with E-state index >= 15 is 0 Å². The van der Waals surface area contributed by atoms with E-state index in [0.29, 0.717) is 12.2 Å². The van der Waals surface area contributed by atoms with Crippen LogP contribution in [0.1, 0.15) is 32.9 Å². The fourth-order valence-corrected chi connectivity index (χ4v) is 1.88. The smallest absolute Gasteiger partial charge is 0.147 e. The van der Waals surface area contributed by atoms with Gasteiger partial charge in [0.15, 0.2) is 0 Å². The van der Waals surface area contributed by atoms with Crippen molar-refractivity contribution < 1.29 is 5.11 Å². The fourth-order valence-electron chi connectivity index (χ4n) is 1.88. The summed E-state index contributed by atoms with van der Waals surface area (Å²) in [5.41, 5.74) is 7.46. The molecule has 1 aromatic heterocycles. The molecule has 4 N–H and O–H groups in total. The van der Waals surface area contributed by atoms with Gasteiger partial charge in [0, 0.05) is 13.6 Å². The zero-order chi connectivity index (χ0) is 13.2. The van der Waals surface area contributed by atoms with Crippen molar-refractivity contribution in [2.24, 2.45) is 12.5 Å². The number of aliphatic hydroxyl groups is 1. The maximum absolute atomic E-state index is 9.90. The summed E-state index contributed by atoms with van der Waals surface area (Å²) in [5, 5.41) is 17.3. The van der Waals surface area contributed by atoms with Gasteiger partial charge in [-0.2, -0.15) is 5.10 Å². The lowest BCUT2D eigenvalue weighted by Crippen LogP contribution is -2.26. The summed E-state index contributed by atoms with van der Waals surface area (Å²) in [6.07, 6.45) is 0.362. The van der Waals surface area contributed by atoms with E-state index in [1.54, 1.807) is 4.68 Å². The van der Waals surface area contributed by atoms with Crippen LogP contribution < -0.4 is 11.1 Å². The third-order valence-electron chi connectivity index (χ3n) is 2.62. The van der Waals surface area contributed by atoms with Gasteiger partial charge in [-0.05, 0) is 18.8 Å². The van der Waals surface area contributed by atoms with Crippen LogP contribution in [-0.2, 0) is 7.05 Å². The first-order chi connectivity index (χ1) is 7.70. The molecule has 1 rings (SSSR count). The van der Waals surface area contributed by atoms with Crippen LogP contribution in [0.15, 0.2) is 0 Å². The number of nitrogen functional groups attached to an aromatic ring is 1. The number of hydrogen-bond donors (Lipinski definition) is 3. The Morgan fingerprint density at radius 2 is 2.06 bits per heavy atom. The van der Waals surface area contributed by atoms with E-state index in [2.05, 4.69) is 31.2 Å². The molecule has 98 valence electrons. The van der Waals surface area contributed by atoms with Crippen molar-refractivity contribution in [3.63, 3.8) is 0 Å². The Bertz CT molecular complexity index is 379. The zero-order valence-corrected chi connectivity index (χ0v) is 11.4. The van der Waals surface area contributed by atoms with Crippen molar-refractivity contribution >= 4 is 11.5 Å². The van der Waals surface area contributed by atoms with Gasteiger partial charge in [0.25, 0.3) is 0 Å². The SMILES string of the molecule is Cc1nn(C)c(NCC(O)CC(C)(C)C)c1N. The molecule has 0 aliphatic rings. The highest BCUT2D eigenvalue weighted by molar-refractivity contribution is 5.64. The molecule has 1 unspecified atom stereocenters. The molecule has 0 saturated heterocycles. The van der Waals surface area contributed by atoms with Crippen LogP contribution in [0.4, 0.5) is 11.5 Å². The minimum Gasteiger partial charge on any atom is -0.394 e. The second-order valence-corrected chi connectivity index (χ2v) is 5.77. The van der Waals surface area contributed by atoms with Crippen LogP contribution in [-0.4, -0.2) is 27.5 Å². The fraction of sp³-hybridized carbons (Fsp3) is 0.750. The quantitative estimate of drug-likeness (QED) is 0.746. The lowest BCUT2D eigenvalue weighted by atomic mass is 9.89. The van der Waals surface area contributed by atoms with Gasteiger partial charge in [-0.15, -0.1) is 0 Å². The first-order valence-corrected chi connectivity index (χ1v) is 5.91.